The van der Waals surface area contributed by atoms with Gasteiger partial charge in [0.2, 0.25) is 5.91 Å². The Morgan fingerprint density at radius 2 is 1.71 bits per heavy atom. The number of carbonyl (C=O) groups is 2. The lowest BCUT2D eigenvalue weighted by atomic mass is 9.96. The number of nitrogens with zero attached hydrogens (tertiary/aromatic N) is 3. The van der Waals surface area contributed by atoms with Crippen LogP contribution in [0.4, 0.5) is 4.79 Å². The van der Waals surface area contributed by atoms with Gasteiger partial charge in [0.05, 0.1) is 22.8 Å². The van der Waals surface area contributed by atoms with E-state index in [1.54, 1.807) is 4.90 Å². The maximum Gasteiger partial charge on any atom is 0.410 e. The van der Waals surface area contributed by atoms with Crippen LogP contribution in [0.1, 0.15) is 59.2 Å². The predicted octanol–water partition coefficient (Wildman–Crippen LogP) is 3.85. The lowest BCUT2D eigenvalue weighted by molar-refractivity contribution is -0.125. The molecule has 0 spiro atoms. The van der Waals surface area contributed by atoms with Gasteiger partial charge in [0.1, 0.15) is 5.60 Å². The van der Waals surface area contributed by atoms with Crippen molar-refractivity contribution in [2.75, 3.05) is 26.3 Å². The number of ether oxygens (including phenoxy) is 2. The van der Waals surface area contributed by atoms with Crippen molar-refractivity contribution in [3.8, 4) is 0 Å². The lowest BCUT2D eigenvalue weighted by Crippen LogP contribution is -2.44. The van der Waals surface area contributed by atoms with Crippen LogP contribution in [0.25, 0.3) is 10.9 Å². The summed E-state index contributed by atoms with van der Waals surface area (Å²) in [6.07, 6.45) is 1.60. The maximum atomic E-state index is 13.3. The van der Waals surface area contributed by atoms with Crippen LogP contribution >= 0.6 is 0 Å². The molecular formula is C26H36N4O4. The molecule has 1 saturated carbocycles. The zero-order chi connectivity index (χ0) is 24.3. The van der Waals surface area contributed by atoms with E-state index in [-0.39, 0.29) is 29.8 Å². The lowest BCUT2D eigenvalue weighted by Gasteiger charge is -2.28. The molecule has 2 aliphatic heterocycles. The van der Waals surface area contributed by atoms with Gasteiger partial charge in [-0.2, -0.15) is 5.10 Å². The molecule has 184 valence electrons. The van der Waals surface area contributed by atoms with E-state index < -0.39 is 11.1 Å². The molecule has 3 fully saturated rings. The molecule has 3 heterocycles. The summed E-state index contributed by atoms with van der Waals surface area (Å²) in [5, 5.41) is 9.39. The number of amides is 2. The highest BCUT2D eigenvalue weighted by atomic mass is 16.6. The Kier molecular flexibility index (Phi) is 5.62. The van der Waals surface area contributed by atoms with Gasteiger partial charge in [-0.15, -0.1) is 0 Å². The molecule has 2 amide bonds. The first-order valence-electron chi connectivity index (χ1n) is 12.4. The van der Waals surface area contributed by atoms with Crippen molar-refractivity contribution < 1.29 is 19.1 Å². The smallest absolute Gasteiger partial charge is 0.410 e. The first-order valence-corrected chi connectivity index (χ1v) is 12.4. The van der Waals surface area contributed by atoms with E-state index in [1.807, 2.05) is 46.8 Å². The average Bonchev–Trinajstić information content (AvgIpc) is 3.09. The van der Waals surface area contributed by atoms with Gasteiger partial charge in [-0.3, -0.25) is 9.48 Å². The number of benzene rings is 1. The van der Waals surface area contributed by atoms with Crippen molar-refractivity contribution >= 4 is 22.9 Å². The molecule has 3 atom stereocenters. The summed E-state index contributed by atoms with van der Waals surface area (Å²) >= 11 is 0. The number of rotatable bonds is 4. The molecule has 5 rings (SSSR count). The molecule has 0 radical (unpaired) electrons. The van der Waals surface area contributed by atoms with Crippen LogP contribution in [0.5, 0.6) is 0 Å². The number of hydrogen-bond donors (Lipinski definition) is 1. The maximum absolute atomic E-state index is 13.3. The van der Waals surface area contributed by atoms with Gasteiger partial charge in [-0.05, 0) is 65.4 Å². The van der Waals surface area contributed by atoms with Crippen molar-refractivity contribution in [1.82, 2.24) is 20.0 Å². The fraction of sp³-hybridized carbons (Fsp3) is 0.654. The van der Waals surface area contributed by atoms with Crippen molar-refractivity contribution in [2.24, 2.45) is 17.8 Å². The van der Waals surface area contributed by atoms with Crippen LogP contribution in [0, 0.1) is 17.8 Å². The van der Waals surface area contributed by atoms with Gasteiger partial charge in [0.15, 0.2) is 0 Å². The molecule has 2 saturated heterocycles. The number of nitrogens with one attached hydrogen (secondary N) is 1. The minimum Gasteiger partial charge on any atom is -0.444 e. The van der Waals surface area contributed by atoms with Crippen molar-refractivity contribution in [2.45, 2.75) is 64.6 Å². The zero-order valence-corrected chi connectivity index (χ0v) is 20.8. The van der Waals surface area contributed by atoms with Crippen molar-refractivity contribution in [3.05, 3.63) is 30.0 Å². The summed E-state index contributed by atoms with van der Waals surface area (Å²) in [5.74, 6) is 0.412. The molecule has 0 bridgehead atoms. The van der Waals surface area contributed by atoms with E-state index in [2.05, 4.69) is 22.1 Å². The molecule has 1 aromatic heterocycles. The topological polar surface area (TPSA) is 85.7 Å². The Bertz CT molecular complexity index is 1080. The highest BCUT2D eigenvalue weighted by Gasteiger charge is 2.61. The molecule has 2 aromatic rings. The molecule has 34 heavy (non-hydrogen) atoms. The zero-order valence-electron chi connectivity index (χ0n) is 20.8. The second-order valence-corrected chi connectivity index (χ2v) is 11.5. The number of piperidine rings is 1. The highest BCUT2D eigenvalue weighted by molar-refractivity contribution is 5.87. The molecule has 1 N–H and O–H groups in total. The van der Waals surface area contributed by atoms with Gasteiger partial charge >= 0.3 is 6.09 Å². The van der Waals surface area contributed by atoms with Crippen LogP contribution in [-0.2, 0) is 19.8 Å². The Hall–Kier alpha value is -2.61. The van der Waals surface area contributed by atoms with E-state index in [9.17, 15) is 9.59 Å². The minimum absolute atomic E-state index is 0.0496. The molecule has 8 nitrogen and oxygen atoms in total. The van der Waals surface area contributed by atoms with Crippen molar-refractivity contribution in [3.63, 3.8) is 0 Å². The number of para-hydroxylation sites is 1. The van der Waals surface area contributed by atoms with Crippen LogP contribution < -0.4 is 5.32 Å². The van der Waals surface area contributed by atoms with Gasteiger partial charge < -0.3 is 19.7 Å². The molecule has 1 aromatic carbocycles. The number of likely N-dealkylation sites (tertiary alicyclic amines) is 1. The van der Waals surface area contributed by atoms with Gasteiger partial charge in [0, 0.05) is 37.6 Å². The Labute approximate surface area is 200 Å². The summed E-state index contributed by atoms with van der Waals surface area (Å²) in [6, 6.07) is 8.56. The standard InChI is InChI=1S/C26H36N4O4/c1-25(2,3)34-24(32)29-14-18-19(15-29)21(18)23(31)27-26(4,5)22-17-8-6-7-9-20(17)30(28-22)16-10-12-33-13-11-16/h6-9,16,18-19,21H,10-15H2,1-5H3,(H,27,31)/t18-,19+,21?. The third-order valence-corrected chi connectivity index (χ3v) is 7.33. The van der Waals surface area contributed by atoms with E-state index in [0.717, 1.165) is 42.7 Å². The third kappa shape index (κ3) is 4.28. The average molecular weight is 469 g/mol. The van der Waals surface area contributed by atoms with Gasteiger partial charge in [-0.1, -0.05) is 18.2 Å². The quantitative estimate of drug-likeness (QED) is 0.737. The molecular weight excluding hydrogens is 432 g/mol. The fourth-order valence-corrected chi connectivity index (χ4v) is 5.60. The number of carbonyl (C=O) groups excluding carboxylic acids is 2. The Morgan fingerprint density at radius 1 is 1.06 bits per heavy atom. The summed E-state index contributed by atoms with van der Waals surface area (Å²) in [4.78, 5) is 27.4. The van der Waals surface area contributed by atoms with E-state index in [4.69, 9.17) is 14.6 Å². The third-order valence-electron chi connectivity index (χ3n) is 7.33. The van der Waals surface area contributed by atoms with E-state index >= 15 is 0 Å². The Balaban J connectivity index is 1.28. The number of fused-ring (bicyclic) bond motifs is 2. The second kappa shape index (κ2) is 8.26. The molecule has 8 heteroatoms. The molecule has 1 aliphatic carbocycles. The van der Waals surface area contributed by atoms with Crippen LogP contribution in [0.2, 0.25) is 0 Å². The second-order valence-electron chi connectivity index (χ2n) is 11.5. The summed E-state index contributed by atoms with van der Waals surface area (Å²) in [7, 11) is 0. The first-order chi connectivity index (χ1) is 16.0. The largest absolute Gasteiger partial charge is 0.444 e. The Morgan fingerprint density at radius 3 is 2.35 bits per heavy atom. The van der Waals surface area contributed by atoms with Gasteiger partial charge in [0.25, 0.3) is 0 Å². The summed E-state index contributed by atoms with van der Waals surface area (Å²) < 4.78 is 13.2. The van der Waals surface area contributed by atoms with Crippen molar-refractivity contribution in [1.29, 1.82) is 0 Å². The summed E-state index contributed by atoms with van der Waals surface area (Å²) in [5.41, 5.74) is 0.864. The van der Waals surface area contributed by atoms with Crippen LogP contribution in [0.15, 0.2) is 24.3 Å². The predicted molar refractivity (Wildman–Crippen MR) is 128 cm³/mol. The minimum atomic E-state index is -0.616. The SMILES string of the molecule is CC(C)(C)OC(=O)N1C[C@@H]2C(C(=O)NC(C)(C)c3nn(C4CCOCC4)c4ccccc34)[C@@H]2C1. The molecule has 1 unspecified atom stereocenters. The number of aromatic nitrogens is 2. The van der Waals surface area contributed by atoms with E-state index in [0.29, 0.717) is 19.1 Å². The highest BCUT2D eigenvalue weighted by Crippen LogP contribution is 2.52. The van der Waals surface area contributed by atoms with Crippen LogP contribution in [0.3, 0.4) is 0 Å². The number of hydrogen-bond acceptors (Lipinski definition) is 5. The van der Waals surface area contributed by atoms with Crippen LogP contribution in [-0.4, -0.2) is 58.6 Å². The summed E-state index contributed by atoms with van der Waals surface area (Å²) in [6.45, 7) is 12.3. The molecule has 3 aliphatic rings. The first kappa shape index (κ1) is 23.1. The van der Waals surface area contributed by atoms with Gasteiger partial charge in [-0.25, -0.2) is 4.79 Å². The monoisotopic (exact) mass is 468 g/mol. The normalized spacial score (nSPS) is 25.3. The van der Waals surface area contributed by atoms with E-state index in [1.165, 1.54) is 0 Å². The fourth-order valence-electron chi connectivity index (χ4n) is 5.60.